The van der Waals surface area contributed by atoms with Crippen LogP contribution in [-0.4, -0.2) is 20.8 Å². The van der Waals surface area contributed by atoms with E-state index in [1.54, 1.807) is 4.68 Å². The molecule has 0 unspecified atom stereocenters. The highest BCUT2D eigenvalue weighted by molar-refractivity contribution is 9.10. The lowest BCUT2D eigenvalue weighted by Crippen LogP contribution is -2.03. The maximum Gasteiger partial charge on any atom is 0.193 e. The molecule has 4 aromatic rings. The Morgan fingerprint density at radius 1 is 0.963 bits per heavy atom. The first-order valence-corrected chi connectivity index (χ1v) is 9.30. The lowest BCUT2D eigenvalue weighted by Gasteiger charge is -2.07. The predicted molar refractivity (Wildman–Crippen MR) is 109 cm³/mol. The third-order valence-corrected chi connectivity index (χ3v) is 4.82. The lowest BCUT2D eigenvalue weighted by atomic mass is 9.96. The molecule has 5 heteroatoms. The standard InChI is InChI=1S/C22H16BrN3O/c1-15-9-11-16(12-10-15)22(27)20-8-3-2-7-19(20)21-14-26(25-24-21)18-6-4-5-17(23)13-18/h2-14H,1H3. The van der Waals surface area contributed by atoms with Gasteiger partial charge in [0, 0.05) is 21.2 Å². The fraction of sp³-hybridized carbons (Fsp3) is 0.0455. The van der Waals surface area contributed by atoms with Crippen LogP contribution in [0.4, 0.5) is 0 Å². The van der Waals surface area contributed by atoms with E-state index in [0.29, 0.717) is 16.8 Å². The van der Waals surface area contributed by atoms with Gasteiger partial charge in [-0.25, -0.2) is 4.68 Å². The van der Waals surface area contributed by atoms with Gasteiger partial charge in [0.1, 0.15) is 5.69 Å². The second kappa shape index (κ2) is 7.29. The Balaban J connectivity index is 1.73. The molecule has 3 aromatic carbocycles. The molecule has 1 heterocycles. The van der Waals surface area contributed by atoms with Gasteiger partial charge in [-0.05, 0) is 25.1 Å². The molecule has 4 nitrogen and oxygen atoms in total. The molecule has 0 fully saturated rings. The molecule has 4 rings (SSSR count). The van der Waals surface area contributed by atoms with Gasteiger partial charge in [-0.3, -0.25) is 4.79 Å². The van der Waals surface area contributed by atoms with Crippen LogP contribution >= 0.6 is 15.9 Å². The predicted octanol–water partition coefficient (Wildman–Crippen LogP) is 5.24. The molecule has 1 aromatic heterocycles. The van der Waals surface area contributed by atoms with Crippen LogP contribution in [0, 0.1) is 6.92 Å². The summed E-state index contributed by atoms with van der Waals surface area (Å²) < 4.78 is 2.67. The monoisotopic (exact) mass is 417 g/mol. The third kappa shape index (κ3) is 3.59. The Labute approximate surface area is 165 Å². The van der Waals surface area contributed by atoms with Crippen LogP contribution in [0.1, 0.15) is 21.5 Å². The van der Waals surface area contributed by atoms with Gasteiger partial charge in [0.05, 0.1) is 11.9 Å². The summed E-state index contributed by atoms with van der Waals surface area (Å²) in [4.78, 5) is 13.0. The average Bonchev–Trinajstić information content (AvgIpc) is 3.18. The number of hydrogen-bond acceptors (Lipinski definition) is 3. The van der Waals surface area contributed by atoms with Gasteiger partial charge in [-0.2, -0.15) is 0 Å². The molecule has 0 aliphatic heterocycles. The zero-order valence-corrected chi connectivity index (χ0v) is 16.2. The lowest BCUT2D eigenvalue weighted by molar-refractivity contribution is 0.103. The van der Waals surface area contributed by atoms with Gasteiger partial charge in [0.15, 0.2) is 5.78 Å². The average molecular weight is 418 g/mol. The van der Waals surface area contributed by atoms with E-state index in [4.69, 9.17) is 0 Å². The first-order valence-electron chi connectivity index (χ1n) is 8.51. The van der Waals surface area contributed by atoms with E-state index in [9.17, 15) is 4.79 Å². The van der Waals surface area contributed by atoms with E-state index in [0.717, 1.165) is 21.3 Å². The number of carbonyl (C=O) groups excluding carboxylic acids is 1. The van der Waals surface area contributed by atoms with Crippen LogP contribution in [0.15, 0.2) is 83.5 Å². The van der Waals surface area contributed by atoms with Crippen LogP contribution in [0.5, 0.6) is 0 Å². The normalized spacial score (nSPS) is 10.7. The largest absolute Gasteiger partial charge is 0.289 e. The number of aromatic nitrogens is 3. The highest BCUT2D eigenvalue weighted by Gasteiger charge is 2.16. The van der Waals surface area contributed by atoms with Crippen molar-refractivity contribution in [2.24, 2.45) is 0 Å². The number of carbonyl (C=O) groups is 1. The minimum absolute atomic E-state index is 0.0254. The fourth-order valence-electron chi connectivity index (χ4n) is 2.90. The summed E-state index contributed by atoms with van der Waals surface area (Å²) in [6, 6.07) is 22.9. The molecule has 0 bridgehead atoms. The van der Waals surface area contributed by atoms with Gasteiger partial charge >= 0.3 is 0 Å². The maximum atomic E-state index is 13.0. The van der Waals surface area contributed by atoms with Crippen molar-refractivity contribution in [3.05, 3.63) is 100 Å². The number of aryl methyl sites for hydroxylation is 1. The van der Waals surface area contributed by atoms with E-state index in [-0.39, 0.29) is 5.78 Å². The molecule has 0 spiro atoms. The maximum absolute atomic E-state index is 13.0. The zero-order chi connectivity index (χ0) is 18.8. The quantitative estimate of drug-likeness (QED) is 0.426. The topological polar surface area (TPSA) is 47.8 Å². The number of nitrogens with zero attached hydrogens (tertiary/aromatic N) is 3. The molecule has 0 atom stereocenters. The Hall–Kier alpha value is -3.05. The Kier molecular flexibility index (Phi) is 4.69. The van der Waals surface area contributed by atoms with Crippen LogP contribution in [0.3, 0.4) is 0 Å². The van der Waals surface area contributed by atoms with E-state index in [1.165, 1.54) is 0 Å². The smallest absolute Gasteiger partial charge is 0.193 e. The number of rotatable bonds is 4. The van der Waals surface area contributed by atoms with Gasteiger partial charge in [0.25, 0.3) is 0 Å². The van der Waals surface area contributed by atoms with Gasteiger partial charge in [0.2, 0.25) is 0 Å². The SMILES string of the molecule is Cc1ccc(C(=O)c2ccccc2-c2cn(-c3cccc(Br)c3)nn2)cc1. The Morgan fingerprint density at radius 3 is 2.52 bits per heavy atom. The highest BCUT2D eigenvalue weighted by Crippen LogP contribution is 2.25. The summed E-state index contributed by atoms with van der Waals surface area (Å²) in [5.41, 5.74) is 4.72. The Bertz CT molecular complexity index is 1120. The van der Waals surface area contributed by atoms with Crippen LogP contribution in [-0.2, 0) is 0 Å². The minimum atomic E-state index is -0.0254. The summed E-state index contributed by atoms with van der Waals surface area (Å²) in [5.74, 6) is -0.0254. The number of benzene rings is 3. The third-order valence-electron chi connectivity index (χ3n) is 4.33. The first kappa shape index (κ1) is 17.4. The molecule has 0 radical (unpaired) electrons. The molecule has 0 saturated heterocycles. The van der Waals surface area contributed by atoms with Gasteiger partial charge < -0.3 is 0 Å². The van der Waals surface area contributed by atoms with Crippen molar-refractivity contribution in [1.82, 2.24) is 15.0 Å². The van der Waals surface area contributed by atoms with Gasteiger partial charge in [-0.1, -0.05) is 81.3 Å². The molecule has 0 amide bonds. The van der Waals surface area contributed by atoms with Crippen LogP contribution in [0.2, 0.25) is 0 Å². The van der Waals surface area contributed by atoms with Crippen LogP contribution in [0.25, 0.3) is 16.9 Å². The van der Waals surface area contributed by atoms with Crippen molar-refractivity contribution in [3.63, 3.8) is 0 Å². The Morgan fingerprint density at radius 2 is 1.74 bits per heavy atom. The summed E-state index contributed by atoms with van der Waals surface area (Å²) in [6.07, 6.45) is 1.84. The van der Waals surface area contributed by atoms with E-state index in [1.807, 2.05) is 85.9 Å². The highest BCUT2D eigenvalue weighted by atomic mass is 79.9. The summed E-state index contributed by atoms with van der Waals surface area (Å²) in [5, 5.41) is 8.51. The summed E-state index contributed by atoms with van der Waals surface area (Å²) in [7, 11) is 0. The minimum Gasteiger partial charge on any atom is -0.289 e. The fourth-order valence-corrected chi connectivity index (χ4v) is 3.28. The van der Waals surface area contributed by atoms with Crippen molar-refractivity contribution in [3.8, 4) is 16.9 Å². The van der Waals surface area contributed by atoms with Crippen molar-refractivity contribution in [2.75, 3.05) is 0 Å². The second-order valence-electron chi connectivity index (χ2n) is 6.27. The van der Waals surface area contributed by atoms with E-state index in [2.05, 4.69) is 26.2 Å². The van der Waals surface area contributed by atoms with Gasteiger partial charge in [-0.15, -0.1) is 5.10 Å². The summed E-state index contributed by atoms with van der Waals surface area (Å²) in [6.45, 7) is 2.00. The van der Waals surface area contributed by atoms with Crippen molar-refractivity contribution < 1.29 is 4.79 Å². The van der Waals surface area contributed by atoms with Crippen molar-refractivity contribution >= 4 is 21.7 Å². The molecule has 0 aliphatic rings. The van der Waals surface area contributed by atoms with Crippen molar-refractivity contribution in [2.45, 2.75) is 6.92 Å². The summed E-state index contributed by atoms with van der Waals surface area (Å²) >= 11 is 3.47. The number of halogens is 1. The molecule has 132 valence electrons. The molecule has 0 saturated carbocycles. The molecule has 27 heavy (non-hydrogen) atoms. The molecular formula is C22H16BrN3O. The van der Waals surface area contributed by atoms with Crippen molar-refractivity contribution in [1.29, 1.82) is 0 Å². The van der Waals surface area contributed by atoms with E-state index >= 15 is 0 Å². The van der Waals surface area contributed by atoms with E-state index < -0.39 is 0 Å². The molecular weight excluding hydrogens is 402 g/mol. The number of hydrogen-bond donors (Lipinski definition) is 0. The first-order chi connectivity index (χ1) is 13.1. The molecule has 0 aliphatic carbocycles. The molecule has 0 N–H and O–H groups in total. The zero-order valence-electron chi connectivity index (χ0n) is 14.6. The second-order valence-corrected chi connectivity index (χ2v) is 7.18. The number of ketones is 1. The van der Waals surface area contributed by atoms with Crippen LogP contribution < -0.4 is 0 Å².